The van der Waals surface area contributed by atoms with Crippen LogP contribution in [0.1, 0.15) is 39.5 Å². The van der Waals surface area contributed by atoms with Crippen molar-refractivity contribution < 1.29 is 23.8 Å². The van der Waals surface area contributed by atoms with Crippen LogP contribution in [-0.2, 0) is 24.4 Å². The number of hydrogen-bond acceptors (Lipinski definition) is 7. The van der Waals surface area contributed by atoms with Crippen LogP contribution in [0.3, 0.4) is 0 Å². The molecule has 2 aliphatic heterocycles. The number of hydrogen-bond donors (Lipinski definition) is 1. The Morgan fingerprint density at radius 2 is 2.15 bits per heavy atom. The predicted molar refractivity (Wildman–Crippen MR) is 147 cm³/mol. The van der Waals surface area contributed by atoms with Gasteiger partial charge in [-0.15, -0.1) is 11.3 Å². The molecule has 1 N–H and O–H groups in total. The minimum Gasteiger partial charge on any atom is -0.478 e. The van der Waals surface area contributed by atoms with Crippen molar-refractivity contribution in [2.75, 3.05) is 19.7 Å². The van der Waals surface area contributed by atoms with Gasteiger partial charge in [-0.05, 0) is 48.7 Å². The molecule has 11 heteroatoms. The number of carboxylic acid groups (broad SMARTS) is 1. The summed E-state index contributed by atoms with van der Waals surface area (Å²) in [4.78, 5) is 24.0. The lowest BCUT2D eigenvalue weighted by molar-refractivity contribution is -0.0591. The normalized spacial score (nSPS) is 17.7. The number of thiazole rings is 1. The number of halogens is 2. The highest BCUT2D eigenvalue weighted by atomic mass is 35.5. The molecule has 1 fully saturated rings. The number of aromatic carboxylic acids is 1. The zero-order valence-corrected chi connectivity index (χ0v) is 22.6. The van der Waals surface area contributed by atoms with E-state index in [4.69, 9.17) is 26.1 Å². The molecule has 6 rings (SSSR count). The minimum atomic E-state index is -0.954. The van der Waals surface area contributed by atoms with Crippen molar-refractivity contribution in [1.29, 1.82) is 0 Å². The zero-order valence-electron chi connectivity index (χ0n) is 21.0. The molecule has 4 aromatic rings. The summed E-state index contributed by atoms with van der Waals surface area (Å²) in [6, 6.07) is 9.60. The Bertz CT molecular complexity index is 1560. The van der Waals surface area contributed by atoms with Crippen molar-refractivity contribution in [3.05, 3.63) is 80.7 Å². The van der Waals surface area contributed by atoms with Gasteiger partial charge in [-0.25, -0.2) is 19.2 Å². The molecule has 0 amide bonds. The third-order valence-electron chi connectivity index (χ3n) is 7.12. The summed E-state index contributed by atoms with van der Waals surface area (Å²) in [6.07, 6.45) is 4.09. The molecule has 202 valence electrons. The summed E-state index contributed by atoms with van der Waals surface area (Å²) in [5.74, 6) is 0.0441. The average molecular weight is 569 g/mol. The fourth-order valence-electron chi connectivity index (χ4n) is 4.86. The lowest BCUT2D eigenvalue weighted by Crippen LogP contribution is -2.33. The zero-order chi connectivity index (χ0) is 26.9. The number of carbonyl (C=O) groups is 1. The quantitative estimate of drug-likeness (QED) is 0.279. The third kappa shape index (κ3) is 5.56. The Hall–Kier alpha value is -3.31. The number of aromatic nitrogens is 3. The molecule has 0 spiro atoms. The van der Waals surface area contributed by atoms with E-state index in [1.165, 1.54) is 17.4 Å². The van der Waals surface area contributed by atoms with Gasteiger partial charge in [0.15, 0.2) is 0 Å². The minimum absolute atomic E-state index is 0.0731. The van der Waals surface area contributed by atoms with Crippen LogP contribution in [0.25, 0.3) is 16.6 Å². The van der Waals surface area contributed by atoms with E-state index in [-0.39, 0.29) is 18.3 Å². The Labute approximate surface area is 233 Å². The van der Waals surface area contributed by atoms with E-state index in [1.807, 2.05) is 0 Å². The molecular weight excluding hydrogens is 543 g/mol. The number of benzene rings is 2. The number of rotatable bonds is 9. The fourth-order valence-corrected chi connectivity index (χ4v) is 5.82. The van der Waals surface area contributed by atoms with E-state index in [9.17, 15) is 14.3 Å². The second-order valence-corrected chi connectivity index (χ2v) is 10.9. The molecule has 2 aliphatic rings. The van der Waals surface area contributed by atoms with Crippen molar-refractivity contribution in [3.8, 4) is 5.88 Å². The lowest BCUT2D eigenvalue weighted by Gasteiger charge is -2.29. The maximum atomic E-state index is 14.2. The molecule has 2 aromatic carbocycles. The molecule has 0 aliphatic carbocycles. The number of carboxylic acids is 1. The van der Waals surface area contributed by atoms with Gasteiger partial charge in [0.1, 0.15) is 18.2 Å². The topological polar surface area (TPSA) is 89.7 Å². The standard InChI is InChI=1S/C28H26ClFN4O4S/c29-20-3-1-19(22(30)12-20)15-38-27-26(39-16-31-27)17-5-8-33(9-6-17)14-25-32-23-4-2-18(28(35)36)11-24(23)34(25)13-21-7-10-37-21/h1-5,11-12,16,21H,6-10,13-15H2,(H,35,36)/t21-/m0/s1. The molecule has 39 heavy (non-hydrogen) atoms. The van der Waals surface area contributed by atoms with Crippen molar-refractivity contribution in [2.45, 2.75) is 38.6 Å². The lowest BCUT2D eigenvalue weighted by atomic mass is 10.1. The van der Waals surface area contributed by atoms with Crippen molar-refractivity contribution in [1.82, 2.24) is 19.4 Å². The summed E-state index contributed by atoms with van der Waals surface area (Å²) < 4.78 is 27.8. The summed E-state index contributed by atoms with van der Waals surface area (Å²) in [7, 11) is 0. The van der Waals surface area contributed by atoms with Crippen molar-refractivity contribution in [2.24, 2.45) is 0 Å². The molecule has 0 bridgehead atoms. The SMILES string of the molecule is O=C(O)c1ccc2nc(CN3CC=C(c4scnc4OCc4ccc(Cl)cc4F)CC3)n(C[C@@H]3CCO3)c2c1. The van der Waals surface area contributed by atoms with E-state index in [2.05, 4.69) is 20.5 Å². The van der Waals surface area contributed by atoms with Gasteiger partial charge >= 0.3 is 5.97 Å². The number of ether oxygens (including phenoxy) is 2. The van der Waals surface area contributed by atoms with E-state index in [0.717, 1.165) is 59.8 Å². The average Bonchev–Trinajstić information content (AvgIpc) is 3.50. The monoisotopic (exact) mass is 568 g/mol. The third-order valence-corrected chi connectivity index (χ3v) is 8.24. The molecule has 0 radical (unpaired) electrons. The Balaban J connectivity index is 1.16. The van der Waals surface area contributed by atoms with Crippen LogP contribution in [0.15, 0.2) is 48.0 Å². The first-order valence-corrected chi connectivity index (χ1v) is 14.0. The first kappa shape index (κ1) is 25.9. The van der Waals surface area contributed by atoms with E-state index >= 15 is 0 Å². The molecule has 2 aromatic heterocycles. The van der Waals surface area contributed by atoms with Gasteiger partial charge < -0.3 is 19.1 Å². The van der Waals surface area contributed by atoms with Crippen LogP contribution >= 0.6 is 22.9 Å². The first-order valence-electron chi connectivity index (χ1n) is 12.7. The maximum absolute atomic E-state index is 14.2. The van der Waals surface area contributed by atoms with Gasteiger partial charge in [0.05, 0.1) is 46.2 Å². The Morgan fingerprint density at radius 3 is 2.87 bits per heavy atom. The summed E-state index contributed by atoms with van der Waals surface area (Å²) in [5.41, 5.74) is 5.17. The van der Waals surface area contributed by atoms with Gasteiger partial charge in [0.25, 0.3) is 0 Å². The van der Waals surface area contributed by atoms with Gasteiger partial charge in [-0.2, -0.15) is 0 Å². The Kier molecular flexibility index (Phi) is 7.35. The molecular formula is C28H26ClFN4O4S. The predicted octanol–water partition coefficient (Wildman–Crippen LogP) is 5.64. The van der Waals surface area contributed by atoms with Crippen LogP contribution in [0, 0.1) is 5.82 Å². The van der Waals surface area contributed by atoms with Gasteiger partial charge in [-0.1, -0.05) is 23.7 Å². The molecule has 0 saturated carbocycles. The van der Waals surface area contributed by atoms with Crippen LogP contribution in [0.5, 0.6) is 5.88 Å². The highest BCUT2D eigenvalue weighted by Crippen LogP contribution is 2.34. The molecule has 4 heterocycles. The highest BCUT2D eigenvalue weighted by Gasteiger charge is 2.24. The number of fused-ring (bicyclic) bond motifs is 1. The Morgan fingerprint density at radius 1 is 1.28 bits per heavy atom. The summed E-state index contributed by atoms with van der Waals surface area (Å²) >= 11 is 7.36. The second kappa shape index (κ2) is 11.1. The van der Waals surface area contributed by atoms with Crippen LogP contribution in [0.4, 0.5) is 4.39 Å². The molecule has 1 atom stereocenters. The molecule has 8 nitrogen and oxygen atoms in total. The number of nitrogens with zero attached hydrogens (tertiary/aromatic N) is 4. The van der Waals surface area contributed by atoms with E-state index in [1.54, 1.807) is 35.8 Å². The van der Waals surface area contributed by atoms with Crippen LogP contribution in [-0.4, -0.2) is 56.3 Å². The van der Waals surface area contributed by atoms with Crippen LogP contribution < -0.4 is 4.74 Å². The largest absolute Gasteiger partial charge is 0.478 e. The first-order chi connectivity index (χ1) is 18.9. The number of imidazole rings is 1. The summed E-state index contributed by atoms with van der Waals surface area (Å²) in [5, 5.41) is 9.82. The van der Waals surface area contributed by atoms with Crippen molar-refractivity contribution >= 4 is 45.5 Å². The maximum Gasteiger partial charge on any atom is 0.335 e. The smallest absolute Gasteiger partial charge is 0.335 e. The highest BCUT2D eigenvalue weighted by molar-refractivity contribution is 7.11. The van der Waals surface area contributed by atoms with Gasteiger partial charge in [0, 0.05) is 30.3 Å². The van der Waals surface area contributed by atoms with Gasteiger partial charge in [0.2, 0.25) is 5.88 Å². The second-order valence-electron chi connectivity index (χ2n) is 9.65. The molecule has 1 saturated heterocycles. The van der Waals surface area contributed by atoms with E-state index < -0.39 is 11.8 Å². The summed E-state index contributed by atoms with van der Waals surface area (Å²) in [6.45, 7) is 3.66. The van der Waals surface area contributed by atoms with Gasteiger partial charge in [-0.3, -0.25) is 4.90 Å². The fraction of sp³-hybridized carbons (Fsp3) is 0.321. The van der Waals surface area contributed by atoms with E-state index in [0.29, 0.717) is 29.6 Å². The molecule has 0 unspecified atom stereocenters. The van der Waals surface area contributed by atoms with Crippen LogP contribution in [0.2, 0.25) is 5.02 Å². The van der Waals surface area contributed by atoms with Crippen molar-refractivity contribution in [3.63, 3.8) is 0 Å².